The van der Waals surface area contributed by atoms with Gasteiger partial charge in [0.25, 0.3) is 5.91 Å². The van der Waals surface area contributed by atoms with E-state index in [0.29, 0.717) is 13.1 Å². The van der Waals surface area contributed by atoms with E-state index >= 15 is 0 Å². The zero-order valence-electron chi connectivity index (χ0n) is 15.4. The van der Waals surface area contributed by atoms with E-state index in [2.05, 4.69) is 0 Å². The quantitative estimate of drug-likeness (QED) is 0.819. The van der Waals surface area contributed by atoms with Gasteiger partial charge in [0.1, 0.15) is 17.2 Å². The summed E-state index contributed by atoms with van der Waals surface area (Å²) in [7, 11) is 0. The standard InChI is InChI=1S/C21H19F2N3O2/c1-14-2-4-15(5-3-14)12-19(27)25-6-8-26(9-7-25)21(28)20-17(22)10-16(13-24)11-18(20)23/h2-5,10-11H,6-9,12H2,1H3. The van der Waals surface area contributed by atoms with Gasteiger partial charge in [-0.2, -0.15) is 5.26 Å². The lowest BCUT2D eigenvalue weighted by Gasteiger charge is -2.35. The minimum Gasteiger partial charge on any atom is -0.339 e. The number of halogens is 2. The fourth-order valence-electron chi connectivity index (χ4n) is 3.15. The van der Waals surface area contributed by atoms with E-state index in [1.807, 2.05) is 31.2 Å². The number of hydrogen-bond acceptors (Lipinski definition) is 3. The van der Waals surface area contributed by atoms with Gasteiger partial charge in [0.15, 0.2) is 0 Å². The normalized spacial score (nSPS) is 13.9. The van der Waals surface area contributed by atoms with Crippen LogP contribution in [0.5, 0.6) is 0 Å². The third-order valence-electron chi connectivity index (χ3n) is 4.78. The van der Waals surface area contributed by atoms with Gasteiger partial charge in [-0.3, -0.25) is 9.59 Å². The zero-order chi connectivity index (χ0) is 20.3. The van der Waals surface area contributed by atoms with Gasteiger partial charge >= 0.3 is 0 Å². The second-order valence-corrected chi connectivity index (χ2v) is 6.76. The third-order valence-corrected chi connectivity index (χ3v) is 4.78. The van der Waals surface area contributed by atoms with Crippen LogP contribution in [0.4, 0.5) is 8.78 Å². The van der Waals surface area contributed by atoms with Crippen molar-refractivity contribution >= 4 is 11.8 Å². The van der Waals surface area contributed by atoms with E-state index in [9.17, 15) is 18.4 Å². The molecular weight excluding hydrogens is 364 g/mol. The third kappa shape index (κ3) is 4.17. The Morgan fingerprint density at radius 3 is 2.07 bits per heavy atom. The average Bonchev–Trinajstić information content (AvgIpc) is 2.69. The molecule has 1 aliphatic heterocycles. The number of carbonyl (C=O) groups excluding carboxylic acids is 2. The predicted octanol–water partition coefficient (Wildman–Crippen LogP) is 2.67. The molecule has 3 rings (SSSR count). The molecule has 2 amide bonds. The molecule has 7 heteroatoms. The van der Waals surface area contributed by atoms with Crippen LogP contribution in [0.15, 0.2) is 36.4 Å². The first-order valence-corrected chi connectivity index (χ1v) is 8.91. The van der Waals surface area contributed by atoms with Crippen LogP contribution in [0.3, 0.4) is 0 Å². The van der Waals surface area contributed by atoms with Crippen molar-refractivity contribution in [2.24, 2.45) is 0 Å². The van der Waals surface area contributed by atoms with Crippen LogP contribution in [-0.4, -0.2) is 47.8 Å². The molecule has 0 atom stereocenters. The maximum absolute atomic E-state index is 14.1. The van der Waals surface area contributed by atoms with Crippen molar-refractivity contribution in [1.82, 2.24) is 9.80 Å². The molecule has 0 unspecified atom stereocenters. The second kappa shape index (κ2) is 8.17. The van der Waals surface area contributed by atoms with Gasteiger partial charge in [-0.15, -0.1) is 0 Å². The van der Waals surface area contributed by atoms with Gasteiger partial charge in [-0.25, -0.2) is 8.78 Å². The smallest absolute Gasteiger partial charge is 0.259 e. The summed E-state index contributed by atoms with van der Waals surface area (Å²) in [5.74, 6) is -2.93. The Hall–Kier alpha value is -3.27. The van der Waals surface area contributed by atoms with Crippen LogP contribution < -0.4 is 0 Å². The first-order chi connectivity index (χ1) is 13.4. The molecule has 1 heterocycles. The Morgan fingerprint density at radius 1 is 1.00 bits per heavy atom. The predicted molar refractivity (Wildman–Crippen MR) is 98.4 cm³/mol. The number of carbonyl (C=O) groups is 2. The number of amides is 2. The van der Waals surface area contributed by atoms with E-state index in [1.54, 1.807) is 11.0 Å². The number of hydrogen-bond donors (Lipinski definition) is 0. The maximum Gasteiger partial charge on any atom is 0.259 e. The van der Waals surface area contributed by atoms with Gasteiger partial charge < -0.3 is 9.80 Å². The summed E-state index contributed by atoms with van der Waals surface area (Å²) in [6, 6.07) is 11.0. The Kier molecular flexibility index (Phi) is 5.69. The molecule has 2 aromatic carbocycles. The molecule has 2 aromatic rings. The van der Waals surface area contributed by atoms with Crippen molar-refractivity contribution in [3.8, 4) is 6.07 Å². The van der Waals surface area contributed by atoms with Crippen molar-refractivity contribution in [2.45, 2.75) is 13.3 Å². The highest BCUT2D eigenvalue weighted by atomic mass is 19.1. The molecule has 0 spiro atoms. The van der Waals surface area contributed by atoms with Crippen molar-refractivity contribution in [2.75, 3.05) is 26.2 Å². The van der Waals surface area contributed by atoms with E-state index in [4.69, 9.17) is 5.26 Å². The molecule has 28 heavy (non-hydrogen) atoms. The van der Waals surface area contributed by atoms with Crippen molar-refractivity contribution in [3.63, 3.8) is 0 Å². The Labute approximate surface area is 161 Å². The molecule has 1 saturated heterocycles. The number of nitrogens with zero attached hydrogens (tertiary/aromatic N) is 3. The molecule has 1 aliphatic rings. The van der Waals surface area contributed by atoms with Crippen LogP contribution in [0.25, 0.3) is 0 Å². The molecule has 5 nitrogen and oxygen atoms in total. The largest absolute Gasteiger partial charge is 0.339 e. The average molecular weight is 383 g/mol. The fraction of sp³-hybridized carbons (Fsp3) is 0.286. The first kappa shape index (κ1) is 19.5. The topological polar surface area (TPSA) is 64.4 Å². The summed E-state index contributed by atoms with van der Waals surface area (Å²) in [6.07, 6.45) is 0.271. The summed E-state index contributed by atoms with van der Waals surface area (Å²) in [5.41, 5.74) is 1.18. The van der Waals surface area contributed by atoms with E-state index in [0.717, 1.165) is 23.3 Å². The number of benzene rings is 2. The summed E-state index contributed by atoms with van der Waals surface area (Å²) >= 11 is 0. The lowest BCUT2D eigenvalue weighted by atomic mass is 10.1. The summed E-state index contributed by atoms with van der Waals surface area (Å²) in [5, 5.41) is 8.75. The second-order valence-electron chi connectivity index (χ2n) is 6.76. The monoisotopic (exact) mass is 383 g/mol. The van der Waals surface area contributed by atoms with Gasteiger partial charge in [0.05, 0.1) is 18.1 Å². The number of rotatable bonds is 3. The van der Waals surface area contributed by atoms with Crippen molar-refractivity contribution in [3.05, 3.63) is 70.3 Å². The summed E-state index contributed by atoms with van der Waals surface area (Å²) < 4.78 is 28.2. The zero-order valence-corrected chi connectivity index (χ0v) is 15.4. The maximum atomic E-state index is 14.1. The first-order valence-electron chi connectivity index (χ1n) is 8.91. The highest BCUT2D eigenvalue weighted by molar-refractivity contribution is 5.95. The molecule has 0 aliphatic carbocycles. The lowest BCUT2D eigenvalue weighted by Crippen LogP contribution is -2.51. The summed E-state index contributed by atoms with van der Waals surface area (Å²) in [6.45, 7) is 2.96. The fourth-order valence-corrected chi connectivity index (χ4v) is 3.15. The van der Waals surface area contributed by atoms with Gasteiger partial charge in [-0.05, 0) is 24.6 Å². The van der Waals surface area contributed by atoms with Gasteiger partial charge in [0.2, 0.25) is 5.91 Å². The molecule has 0 saturated carbocycles. The molecule has 0 radical (unpaired) electrons. The van der Waals surface area contributed by atoms with Crippen LogP contribution in [0, 0.1) is 29.9 Å². The Bertz CT molecular complexity index is 920. The summed E-state index contributed by atoms with van der Waals surface area (Å²) in [4.78, 5) is 27.9. The molecule has 0 bridgehead atoms. The highest BCUT2D eigenvalue weighted by Gasteiger charge is 2.28. The van der Waals surface area contributed by atoms with Crippen LogP contribution in [0.1, 0.15) is 27.0 Å². The van der Waals surface area contributed by atoms with Crippen molar-refractivity contribution < 1.29 is 18.4 Å². The molecular formula is C21H19F2N3O2. The SMILES string of the molecule is Cc1ccc(CC(=O)N2CCN(C(=O)c3c(F)cc(C#N)cc3F)CC2)cc1. The Balaban J connectivity index is 1.62. The lowest BCUT2D eigenvalue weighted by molar-refractivity contribution is -0.131. The molecule has 1 fully saturated rings. The highest BCUT2D eigenvalue weighted by Crippen LogP contribution is 2.18. The molecule has 0 N–H and O–H groups in total. The van der Waals surface area contributed by atoms with E-state index < -0.39 is 23.1 Å². The number of nitriles is 1. The van der Waals surface area contributed by atoms with Crippen LogP contribution in [-0.2, 0) is 11.2 Å². The van der Waals surface area contributed by atoms with Crippen molar-refractivity contribution in [1.29, 1.82) is 5.26 Å². The number of aryl methyl sites for hydroxylation is 1. The molecule has 144 valence electrons. The van der Waals surface area contributed by atoms with Crippen LogP contribution in [0.2, 0.25) is 0 Å². The molecule has 0 aromatic heterocycles. The minimum absolute atomic E-state index is 0.0494. The van der Waals surface area contributed by atoms with Gasteiger partial charge in [0, 0.05) is 26.2 Å². The van der Waals surface area contributed by atoms with E-state index in [1.165, 1.54) is 4.90 Å². The van der Waals surface area contributed by atoms with Crippen LogP contribution >= 0.6 is 0 Å². The number of piperazine rings is 1. The van der Waals surface area contributed by atoms with E-state index in [-0.39, 0.29) is 31.0 Å². The van der Waals surface area contributed by atoms with Gasteiger partial charge in [-0.1, -0.05) is 29.8 Å². The minimum atomic E-state index is -1.06. The Morgan fingerprint density at radius 2 is 1.54 bits per heavy atom.